The lowest BCUT2D eigenvalue weighted by Gasteiger charge is -2.04. The highest BCUT2D eigenvalue weighted by atomic mass is 16.5. The van der Waals surface area contributed by atoms with Gasteiger partial charge in [0.1, 0.15) is 6.07 Å². The number of carbonyl (C=O) groups excluding carboxylic acids is 1. The Balaban J connectivity index is 3.11. The molecule has 0 radical (unpaired) electrons. The monoisotopic (exact) mass is 191 g/mol. The van der Waals surface area contributed by atoms with Crippen LogP contribution >= 0.6 is 0 Å². The van der Waals surface area contributed by atoms with Gasteiger partial charge in [-0.3, -0.25) is 0 Å². The molecule has 1 aromatic heterocycles. The van der Waals surface area contributed by atoms with Crippen LogP contribution in [0.15, 0.2) is 12.3 Å². The number of nitriles is 1. The van der Waals surface area contributed by atoms with Crippen LogP contribution in [0.5, 0.6) is 0 Å². The van der Waals surface area contributed by atoms with Crippen molar-refractivity contribution < 1.29 is 9.53 Å². The molecule has 0 unspecified atom stereocenters. The molecule has 0 aliphatic carbocycles. The van der Waals surface area contributed by atoms with E-state index >= 15 is 0 Å². The van der Waals surface area contributed by atoms with Crippen LogP contribution in [0.4, 0.5) is 5.69 Å². The lowest BCUT2D eigenvalue weighted by molar-refractivity contribution is 0.0521. The number of anilines is 1. The Morgan fingerprint density at radius 2 is 2.50 bits per heavy atom. The van der Waals surface area contributed by atoms with Crippen molar-refractivity contribution in [3.8, 4) is 6.07 Å². The zero-order valence-corrected chi connectivity index (χ0v) is 7.65. The first-order valence-corrected chi connectivity index (χ1v) is 4.02. The maximum atomic E-state index is 11.3. The molecule has 5 nitrogen and oxygen atoms in total. The zero-order valence-electron chi connectivity index (χ0n) is 7.65. The Morgan fingerprint density at radius 3 is 3.07 bits per heavy atom. The third-order valence-corrected chi connectivity index (χ3v) is 1.58. The molecule has 5 heteroatoms. The summed E-state index contributed by atoms with van der Waals surface area (Å²) in [6.07, 6.45) is 1.35. The third kappa shape index (κ3) is 1.80. The smallest absolute Gasteiger partial charge is 0.359 e. The van der Waals surface area contributed by atoms with Crippen LogP contribution in [-0.4, -0.2) is 17.6 Å². The Bertz CT molecular complexity index is 396. The van der Waals surface area contributed by atoms with Crippen LogP contribution in [0.3, 0.4) is 0 Å². The van der Waals surface area contributed by atoms with E-state index in [2.05, 4.69) is 4.98 Å². The van der Waals surface area contributed by atoms with Crippen molar-refractivity contribution in [3.05, 3.63) is 23.5 Å². The maximum absolute atomic E-state index is 11.3. The van der Waals surface area contributed by atoms with Gasteiger partial charge in [-0.1, -0.05) is 0 Å². The maximum Gasteiger partial charge on any atom is 0.359 e. The van der Waals surface area contributed by atoms with Gasteiger partial charge in [0.2, 0.25) is 0 Å². The predicted molar refractivity (Wildman–Crippen MR) is 49.3 cm³/mol. The van der Waals surface area contributed by atoms with Gasteiger partial charge in [0.15, 0.2) is 5.69 Å². The summed E-state index contributed by atoms with van der Waals surface area (Å²) in [5.41, 5.74) is 5.82. The molecule has 72 valence electrons. The number of hydrogen-bond acceptors (Lipinski definition) is 5. The molecule has 0 bridgehead atoms. The van der Waals surface area contributed by atoms with Gasteiger partial charge in [0, 0.05) is 6.20 Å². The molecule has 1 heterocycles. The number of nitrogen functional groups attached to an aromatic ring is 1. The first-order chi connectivity index (χ1) is 6.70. The molecule has 0 saturated carbocycles. The summed E-state index contributed by atoms with van der Waals surface area (Å²) in [6, 6.07) is 3.30. The molecule has 0 saturated heterocycles. The van der Waals surface area contributed by atoms with E-state index < -0.39 is 5.97 Å². The van der Waals surface area contributed by atoms with Crippen LogP contribution in [0, 0.1) is 11.3 Å². The molecule has 0 aliphatic heterocycles. The minimum absolute atomic E-state index is 0.00843. The van der Waals surface area contributed by atoms with Gasteiger partial charge in [0.05, 0.1) is 17.9 Å². The number of nitrogens with two attached hydrogens (primary N) is 1. The fraction of sp³-hybridized carbons (Fsp3) is 0.222. The van der Waals surface area contributed by atoms with E-state index in [1.54, 1.807) is 6.92 Å². The van der Waals surface area contributed by atoms with E-state index in [4.69, 9.17) is 15.7 Å². The highest BCUT2D eigenvalue weighted by molar-refractivity contribution is 5.94. The fourth-order valence-electron chi connectivity index (χ4n) is 0.933. The molecule has 0 spiro atoms. The highest BCUT2D eigenvalue weighted by Gasteiger charge is 2.14. The van der Waals surface area contributed by atoms with Gasteiger partial charge in [-0.25, -0.2) is 9.78 Å². The number of nitrogens with zero attached hydrogens (tertiary/aromatic N) is 2. The van der Waals surface area contributed by atoms with E-state index in [9.17, 15) is 4.79 Å². The summed E-state index contributed by atoms with van der Waals surface area (Å²) in [7, 11) is 0. The van der Waals surface area contributed by atoms with Gasteiger partial charge >= 0.3 is 5.97 Å². The summed E-state index contributed by atoms with van der Waals surface area (Å²) in [5.74, 6) is -0.609. The lowest BCUT2D eigenvalue weighted by atomic mass is 10.2. The van der Waals surface area contributed by atoms with Crippen molar-refractivity contribution in [1.82, 2.24) is 4.98 Å². The number of ether oxygens (including phenoxy) is 1. The average Bonchev–Trinajstić information content (AvgIpc) is 2.18. The second kappa shape index (κ2) is 4.23. The molecule has 0 fully saturated rings. The summed E-state index contributed by atoms with van der Waals surface area (Å²) in [5, 5.41) is 8.64. The minimum Gasteiger partial charge on any atom is -0.461 e. The molecule has 0 aromatic carbocycles. The number of hydrogen-bond donors (Lipinski definition) is 1. The SMILES string of the molecule is CCOC(=O)c1nccc(C#N)c1N. The molecular formula is C9H9N3O2. The molecule has 0 amide bonds. The minimum atomic E-state index is -0.609. The third-order valence-electron chi connectivity index (χ3n) is 1.58. The summed E-state index contributed by atoms with van der Waals surface area (Å²) in [4.78, 5) is 15.0. The van der Waals surface area contributed by atoms with Gasteiger partial charge in [-0.2, -0.15) is 5.26 Å². The van der Waals surface area contributed by atoms with Crippen LogP contribution in [0.2, 0.25) is 0 Å². The Morgan fingerprint density at radius 1 is 1.79 bits per heavy atom. The van der Waals surface area contributed by atoms with E-state index in [0.717, 1.165) is 0 Å². The van der Waals surface area contributed by atoms with Crippen molar-refractivity contribution in [3.63, 3.8) is 0 Å². The average molecular weight is 191 g/mol. The van der Waals surface area contributed by atoms with E-state index in [1.807, 2.05) is 6.07 Å². The number of pyridine rings is 1. The first kappa shape index (κ1) is 9.99. The van der Waals surface area contributed by atoms with Crippen molar-refractivity contribution in [2.75, 3.05) is 12.3 Å². The van der Waals surface area contributed by atoms with Crippen LogP contribution in [-0.2, 0) is 4.74 Å². The molecule has 14 heavy (non-hydrogen) atoms. The first-order valence-electron chi connectivity index (χ1n) is 4.02. The highest BCUT2D eigenvalue weighted by Crippen LogP contribution is 2.14. The van der Waals surface area contributed by atoms with Crippen LogP contribution in [0.1, 0.15) is 23.0 Å². The predicted octanol–water partition coefficient (Wildman–Crippen LogP) is 0.712. The molecule has 2 N–H and O–H groups in total. The van der Waals surface area contributed by atoms with Gasteiger partial charge in [0.25, 0.3) is 0 Å². The molecule has 0 atom stereocenters. The van der Waals surface area contributed by atoms with Crippen molar-refractivity contribution >= 4 is 11.7 Å². The number of rotatable bonds is 2. The second-order valence-electron chi connectivity index (χ2n) is 2.45. The van der Waals surface area contributed by atoms with Gasteiger partial charge < -0.3 is 10.5 Å². The van der Waals surface area contributed by atoms with Crippen LogP contribution < -0.4 is 5.73 Å². The topological polar surface area (TPSA) is 89.0 Å². The fourth-order valence-corrected chi connectivity index (χ4v) is 0.933. The molecule has 0 aliphatic rings. The number of carbonyl (C=O) groups is 1. The summed E-state index contributed by atoms with van der Waals surface area (Å²) >= 11 is 0. The number of aromatic nitrogens is 1. The van der Waals surface area contributed by atoms with Gasteiger partial charge in [-0.05, 0) is 13.0 Å². The van der Waals surface area contributed by atoms with Gasteiger partial charge in [-0.15, -0.1) is 0 Å². The van der Waals surface area contributed by atoms with E-state index in [-0.39, 0.29) is 23.6 Å². The lowest BCUT2D eigenvalue weighted by Crippen LogP contribution is -2.11. The summed E-state index contributed by atoms with van der Waals surface area (Å²) in [6.45, 7) is 1.93. The van der Waals surface area contributed by atoms with E-state index in [1.165, 1.54) is 12.3 Å². The Labute approximate surface area is 81.1 Å². The van der Waals surface area contributed by atoms with E-state index in [0.29, 0.717) is 0 Å². The molecule has 1 rings (SSSR count). The quantitative estimate of drug-likeness (QED) is 0.695. The van der Waals surface area contributed by atoms with Crippen molar-refractivity contribution in [2.24, 2.45) is 0 Å². The standard InChI is InChI=1S/C9H9N3O2/c1-2-14-9(13)8-7(11)6(5-10)3-4-12-8/h3-4H,2,11H2,1H3. The summed E-state index contributed by atoms with van der Waals surface area (Å²) < 4.78 is 4.72. The normalized spacial score (nSPS) is 9.14. The molecular weight excluding hydrogens is 182 g/mol. The Kier molecular flexibility index (Phi) is 3.02. The molecule has 1 aromatic rings. The zero-order chi connectivity index (χ0) is 10.6. The largest absolute Gasteiger partial charge is 0.461 e. The number of esters is 1. The second-order valence-corrected chi connectivity index (χ2v) is 2.45. The van der Waals surface area contributed by atoms with Crippen molar-refractivity contribution in [2.45, 2.75) is 6.92 Å². The van der Waals surface area contributed by atoms with Crippen molar-refractivity contribution in [1.29, 1.82) is 5.26 Å². The van der Waals surface area contributed by atoms with Crippen LogP contribution in [0.25, 0.3) is 0 Å². The Hall–Kier alpha value is -2.09.